The molecule has 1 saturated heterocycles. The molecule has 0 unspecified atom stereocenters. The highest BCUT2D eigenvalue weighted by atomic mass is 16.5. The Balaban J connectivity index is 1.49. The number of benzene rings is 1. The molecule has 3 aliphatic rings. The van der Waals surface area contributed by atoms with Gasteiger partial charge in [-0.3, -0.25) is 29.2 Å². The number of hydrazine groups is 1. The van der Waals surface area contributed by atoms with Crippen molar-refractivity contribution in [2.75, 3.05) is 6.54 Å². The number of nitrogens with one attached hydrogen (secondary N) is 3. The number of fused-ring (bicyclic) bond motifs is 4. The first-order chi connectivity index (χ1) is 20.6. The number of pyridine rings is 1. The fourth-order valence-corrected chi connectivity index (χ4v) is 6.65. The molecule has 2 aromatic rings. The Bertz CT molecular complexity index is 1370. The molecular weight excluding hydrogens is 546 g/mol. The quantitative estimate of drug-likeness (QED) is 0.429. The van der Waals surface area contributed by atoms with Crippen LogP contribution >= 0.6 is 0 Å². The van der Waals surface area contributed by atoms with E-state index in [4.69, 9.17) is 9.72 Å². The number of hydrogen-bond donors (Lipinski definition) is 3. The van der Waals surface area contributed by atoms with Crippen LogP contribution in [0.1, 0.15) is 96.4 Å². The van der Waals surface area contributed by atoms with Crippen LogP contribution in [0, 0.1) is 11.3 Å². The number of hydrogen-bond acceptors (Lipinski definition) is 7. The number of aryl methyl sites for hydroxylation is 1. The molecule has 4 atom stereocenters. The third kappa shape index (κ3) is 6.84. The summed E-state index contributed by atoms with van der Waals surface area (Å²) < 4.78 is 5.86. The Labute approximate surface area is 253 Å². The summed E-state index contributed by atoms with van der Waals surface area (Å²) in [7, 11) is 0. The first-order valence-corrected chi connectivity index (χ1v) is 15.8. The number of aromatic nitrogens is 1. The van der Waals surface area contributed by atoms with Gasteiger partial charge in [-0.1, -0.05) is 45.2 Å². The molecule has 3 amide bonds. The number of amides is 3. The molecule has 3 heterocycles. The van der Waals surface area contributed by atoms with Gasteiger partial charge in [-0.05, 0) is 81.4 Å². The van der Waals surface area contributed by atoms with Gasteiger partial charge in [-0.25, -0.2) is 5.43 Å². The number of cyclic esters (lactones) is 1. The van der Waals surface area contributed by atoms with Crippen LogP contribution in [0.25, 0.3) is 10.8 Å². The van der Waals surface area contributed by atoms with Crippen molar-refractivity contribution in [3.63, 3.8) is 0 Å². The van der Waals surface area contributed by atoms with Crippen molar-refractivity contribution in [3.05, 3.63) is 41.7 Å². The van der Waals surface area contributed by atoms with Crippen LogP contribution < -0.4 is 16.1 Å². The lowest BCUT2D eigenvalue weighted by Gasteiger charge is -2.38. The van der Waals surface area contributed by atoms with Gasteiger partial charge in [0.15, 0.2) is 0 Å². The summed E-state index contributed by atoms with van der Waals surface area (Å²) in [6.45, 7) is 7.66. The van der Waals surface area contributed by atoms with E-state index in [0.29, 0.717) is 32.2 Å². The van der Waals surface area contributed by atoms with Gasteiger partial charge < -0.3 is 15.4 Å². The summed E-state index contributed by atoms with van der Waals surface area (Å²) >= 11 is 0. The lowest BCUT2D eigenvalue weighted by Crippen LogP contribution is -2.61. The maximum absolute atomic E-state index is 14.0. The third-order valence-electron chi connectivity index (χ3n) is 9.42. The van der Waals surface area contributed by atoms with Crippen molar-refractivity contribution in [2.24, 2.45) is 11.3 Å². The summed E-state index contributed by atoms with van der Waals surface area (Å²) in [4.78, 5) is 58.7. The van der Waals surface area contributed by atoms with Gasteiger partial charge in [0.05, 0.1) is 0 Å². The topological polar surface area (TPSA) is 130 Å². The molecular formula is C33H45N5O5. The van der Waals surface area contributed by atoms with Crippen LogP contribution in [0.4, 0.5) is 0 Å². The van der Waals surface area contributed by atoms with E-state index in [1.165, 1.54) is 5.01 Å². The first-order valence-electron chi connectivity index (χ1n) is 15.8. The van der Waals surface area contributed by atoms with Gasteiger partial charge in [-0.2, -0.15) is 0 Å². The molecule has 0 radical (unpaired) electrons. The van der Waals surface area contributed by atoms with E-state index in [1.807, 2.05) is 45.2 Å². The standard InChI is InChI=1S/C33H45N5O5/c1-20(2)28-29(39)35-21(3)30(40)38-16-8-9-27(37-38)31(41)43-22(4)23-10-11-24-19-34-26(18-25(24)17-23)12-15-33(32(42)36-28)13-6-5-7-14-33/h10-11,17-22,27-28,37H,5-9,12-16H2,1-4H3,(H,35,39)(H,36,42)/t21-,22+,27-,28-/m0/s1. The van der Waals surface area contributed by atoms with Crippen molar-refractivity contribution >= 4 is 34.5 Å². The Hall–Kier alpha value is -3.53. The summed E-state index contributed by atoms with van der Waals surface area (Å²) in [5, 5.41) is 9.29. The number of esters is 1. The molecule has 1 spiro atoms. The van der Waals surface area contributed by atoms with Crippen LogP contribution in [0.3, 0.4) is 0 Å². The maximum Gasteiger partial charge on any atom is 0.325 e. The average molecular weight is 592 g/mol. The number of carbonyl (C=O) groups excluding carboxylic acids is 4. The minimum atomic E-state index is -0.853. The zero-order chi connectivity index (χ0) is 30.7. The molecule has 232 valence electrons. The van der Waals surface area contributed by atoms with E-state index in [2.05, 4.69) is 22.1 Å². The zero-order valence-corrected chi connectivity index (χ0v) is 25.8. The van der Waals surface area contributed by atoms with Gasteiger partial charge in [-0.15, -0.1) is 0 Å². The predicted molar refractivity (Wildman–Crippen MR) is 162 cm³/mol. The van der Waals surface area contributed by atoms with Gasteiger partial charge in [0.2, 0.25) is 11.8 Å². The van der Waals surface area contributed by atoms with Gasteiger partial charge in [0, 0.05) is 29.2 Å². The largest absolute Gasteiger partial charge is 0.457 e. The monoisotopic (exact) mass is 591 g/mol. The fourth-order valence-electron chi connectivity index (χ4n) is 6.65. The van der Waals surface area contributed by atoms with Crippen LogP contribution in [0.2, 0.25) is 0 Å². The molecule has 1 aliphatic carbocycles. The summed E-state index contributed by atoms with van der Waals surface area (Å²) in [6.07, 6.45) is 8.33. The first kappa shape index (κ1) is 30.9. The highest BCUT2D eigenvalue weighted by Gasteiger charge is 2.41. The second-order valence-electron chi connectivity index (χ2n) is 12.9. The number of ether oxygens (including phenoxy) is 1. The number of rotatable bonds is 1. The van der Waals surface area contributed by atoms with Crippen LogP contribution in [0.5, 0.6) is 0 Å². The van der Waals surface area contributed by atoms with E-state index in [0.717, 1.165) is 54.1 Å². The highest BCUT2D eigenvalue weighted by Crippen LogP contribution is 2.41. The van der Waals surface area contributed by atoms with Crippen molar-refractivity contribution in [1.29, 1.82) is 0 Å². The summed E-state index contributed by atoms with van der Waals surface area (Å²) in [6, 6.07) is 5.69. The molecule has 10 heteroatoms. The molecule has 2 aliphatic heterocycles. The van der Waals surface area contributed by atoms with Crippen molar-refractivity contribution in [3.8, 4) is 0 Å². The second kappa shape index (κ2) is 13.0. The Morgan fingerprint density at radius 2 is 1.72 bits per heavy atom. The number of carbonyl (C=O) groups is 4. The Morgan fingerprint density at radius 3 is 2.47 bits per heavy atom. The van der Waals surface area contributed by atoms with Gasteiger partial charge in [0.1, 0.15) is 24.2 Å². The maximum atomic E-state index is 14.0. The van der Waals surface area contributed by atoms with E-state index in [1.54, 1.807) is 6.92 Å². The summed E-state index contributed by atoms with van der Waals surface area (Å²) in [5.41, 5.74) is 4.20. The average Bonchev–Trinajstić information content (AvgIpc) is 3.01. The molecule has 1 saturated carbocycles. The minimum absolute atomic E-state index is 0.0981. The van der Waals surface area contributed by atoms with Crippen molar-refractivity contribution in [1.82, 2.24) is 26.1 Å². The molecule has 10 nitrogen and oxygen atoms in total. The van der Waals surface area contributed by atoms with Crippen LogP contribution in [-0.4, -0.2) is 58.4 Å². The normalized spacial score (nSPS) is 27.6. The highest BCUT2D eigenvalue weighted by molar-refractivity contribution is 5.93. The Morgan fingerprint density at radius 1 is 0.953 bits per heavy atom. The second-order valence-corrected chi connectivity index (χ2v) is 12.9. The van der Waals surface area contributed by atoms with E-state index in [-0.39, 0.29) is 17.7 Å². The molecule has 1 aromatic heterocycles. The minimum Gasteiger partial charge on any atom is -0.457 e. The molecule has 5 bridgehead atoms. The van der Waals surface area contributed by atoms with E-state index >= 15 is 0 Å². The molecule has 1 aromatic carbocycles. The predicted octanol–water partition coefficient (Wildman–Crippen LogP) is 3.88. The van der Waals surface area contributed by atoms with Gasteiger partial charge in [0.25, 0.3) is 5.91 Å². The van der Waals surface area contributed by atoms with Gasteiger partial charge >= 0.3 is 5.97 Å². The Kier molecular flexibility index (Phi) is 9.34. The SMILES string of the molecule is CC(C)[C@@H]1NC(=O)C2(CCCCC2)CCc2cc3cc(ccc3cn2)[C@@H](C)OC(=O)[C@@H]2CCCN(N2)C(=O)[C@H](C)NC1=O. The van der Waals surface area contributed by atoms with Crippen molar-refractivity contribution < 1.29 is 23.9 Å². The van der Waals surface area contributed by atoms with E-state index < -0.39 is 41.5 Å². The summed E-state index contributed by atoms with van der Waals surface area (Å²) in [5.74, 6) is -1.45. The van der Waals surface area contributed by atoms with Crippen LogP contribution in [0.15, 0.2) is 30.5 Å². The number of nitrogens with zero attached hydrogens (tertiary/aromatic N) is 2. The zero-order valence-electron chi connectivity index (χ0n) is 25.8. The lowest BCUT2D eigenvalue weighted by atomic mass is 9.70. The lowest BCUT2D eigenvalue weighted by molar-refractivity contribution is -0.157. The van der Waals surface area contributed by atoms with Crippen LogP contribution in [-0.2, 0) is 30.3 Å². The fraction of sp³-hybridized carbons (Fsp3) is 0.606. The smallest absolute Gasteiger partial charge is 0.325 e. The van der Waals surface area contributed by atoms with E-state index in [9.17, 15) is 19.2 Å². The molecule has 3 N–H and O–H groups in total. The molecule has 2 fully saturated rings. The third-order valence-corrected chi connectivity index (χ3v) is 9.42. The molecule has 5 rings (SSSR count). The molecule has 43 heavy (non-hydrogen) atoms. The van der Waals surface area contributed by atoms with Crippen molar-refractivity contribution in [2.45, 2.75) is 110 Å².